The fraction of sp³-hybridized carbons (Fsp3) is 0.368. The molecule has 0 radical (unpaired) electrons. The predicted molar refractivity (Wildman–Crippen MR) is 93.8 cm³/mol. The summed E-state index contributed by atoms with van der Waals surface area (Å²) in [5.74, 6) is 1.13. The average molecular weight is 342 g/mol. The summed E-state index contributed by atoms with van der Waals surface area (Å²) in [4.78, 5) is 25.9. The second-order valence-electron chi connectivity index (χ2n) is 6.12. The van der Waals surface area contributed by atoms with Crippen LogP contribution in [0.1, 0.15) is 41.6 Å². The van der Waals surface area contributed by atoms with Gasteiger partial charge in [0.2, 0.25) is 0 Å². The largest absolute Gasteiger partial charge is 0.482 e. The number of hydrogen-bond donors (Lipinski definition) is 1. The fourth-order valence-electron chi connectivity index (χ4n) is 2.69. The summed E-state index contributed by atoms with van der Waals surface area (Å²) < 4.78 is 11.1. The molecule has 1 aliphatic rings. The van der Waals surface area contributed by atoms with E-state index in [2.05, 4.69) is 12.2 Å². The van der Waals surface area contributed by atoms with Gasteiger partial charge in [0.25, 0.3) is 11.8 Å². The third-order valence-corrected chi connectivity index (χ3v) is 4.07. The van der Waals surface area contributed by atoms with Crippen LogP contribution in [0.4, 0.5) is 5.69 Å². The first-order valence-electron chi connectivity index (χ1n) is 8.49. The monoisotopic (exact) mass is 342 g/mol. The molecular weight excluding hydrogens is 320 g/mol. The topological polar surface area (TPSA) is 71.8 Å². The number of aryl methyl sites for hydroxylation is 1. The number of rotatable bonds is 6. The van der Waals surface area contributed by atoms with Gasteiger partial charge in [0.15, 0.2) is 12.4 Å². The van der Waals surface area contributed by atoms with Gasteiger partial charge in [-0.05, 0) is 43.2 Å². The SMILES string of the molecule is CCCCNC(=O)c1ccc(CN2C(=O)COc3cc(C)ccc32)o1. The average Bonchev–Trinajstić information content (AvgIpc) is 3.06. The van der Waals surface area contributed by atoms with Gasteiger partial charge in [-0.1, -0.05) is 19.4 Å². The number of amides is 2. The number of benzene rings is 1. The number of anilines is 1. The highest BCUT2D eigenvalue weighted by Gasteiger charge is 2.26. The van der Waals surface area contributed by atoms with E-state index in [9.17, 15) is 9.59 Å². The normalized spacial score (nSPS) is 13.4. The van der Waals surface area contributed by atoms with E-state index in [1.54, 1.807) is 17.0 Å². The number of carbonyl (C=O) groups excluding carboxylic acids is 2. The molecule has 0 fully saturated rings. The molecule has 1 aromatic heterocycles. The van der Waals surface area contributed by atoms with Gasteiger partial charge >= 0.3 is 0 Å². The Morgan fingerprint density at radius 1 is 1.28 bits per heavy atom. The molecule has 6 nitrogen and oxygen atoms in total. The van der Waals surface area contributed by atoms with Crippen LogP contribution in [-0.2, 0) is 11.3 Å². The van der Waals surface area contributed by atoms with Crippen LogP contribution < -0.4 is 15.0 Å². The van der Waals surface area contributed by atoms with E-state index in [1.807, 2.05) is 25.1 Å². The number of fused-ring (bicyclic) bond motifs is 1. The second-order valence-corrected chi connectivity index (χ2v) is 6.12. The minimum atomic E-state index is -0.232. The van der Waals surface area contributed by atoms with Crippen molar-refractivity contribution in [2.75, 3.05) is 18.1 Å². The first kappa shape index (κ1) is 17.1. The Labute approximate surface area is 146 Å². The van der Waals surface area contributed by atoms with Gasteiger partial charge in [-0.25, -0.2) is 0 Å². The molecule has 0 aliphatic carbocycles. The Morgan fingerprint density at radius 2 is 2.12 bits per heavy atom. The molecule has 132 valence electrons. The van der Waals surface area contributed by atoms with Crippen LogP contribution in [-0.4, -0.2) is 25.0 Å². The van der Waals surface area contributed by atoms with E-state index < -0.39 is 0 Å². The van der Waals surface area contributed by atoms with Crippen LogP contribution in [0.25, 0.3) is 0 Å². The van der Waals surface area contributed by atoms with Crippen molar-refractivity contribution in [1.29, 1.82) is 0 Å². The van der Waals surface area contributed by atoms with Crippen molar-refractivity contribution in [2.45, 2.75) is 33.2 Å². The van der Waals surface area contributed by atoms with Crippen molar-refractivity contribution >= 4 is 17.5 Å². The highest BCUT2D eigenvalue weighted by atomic mass is 16.5. The minimum Gasteiger partial charge on any atom is -0.482 e. The number of nitrogens with zero attached hydrogens (tertiary/aromatic N) is 1. The van der Waals surface area contributed by atoms with Crippen LogP contribution in [0.15, 0.2) is 34.7 Å². The lowest BCUT2D eigenvalue weighted by Crippen LogP contribution is -2.38. The summed E-state index contributed by atoms with van der Waals surface area (Å²) in [7, 11) is 0. The maximum absolute atomic E-state index is 12.2. The van der Waals surface area contributed by atoms with Gasteiger partial charge in [0.05, 0.1) is 12.2 Å². The third-order valence-electron chi connectivity index (χ3n) is 4.07. The molecule has 0 saturated heterocycles. The van der Waals surface area contributed by atoms with Crippen molar-refractivity contribution in [3.8, 4) is 5.75 Å². The second kappa shape index (κ2) is 7.42. The lowest BCUT2D eigenvalue weighted by atomic mass is 10.1. The summed E-state index contributed by atoms with van der Waals surface area (Å²) in [6.45, 7) is 4.93. The Balaban J connectivity index is 1.73. The summed E-state index contributed by atoms with van der Waals surface area (Å²) in [5, 5.41) is 2.81. The van der Waals surface area contributed by atoms with Crippen molar-refractivity contribution in [3.63, 3.8) is 0 Å². The Hall–Kier alpha value is -2.76. The van der Waals surface area contributed by atoms with Crippen LogP contribution in [0.5, 0.6) is 5.75 Å². The first-order chi connectivity index (χ1) is 12.1. The standard InChI is InChI=1S/C19H22N2O4/c1-3-4-9-20-19(23)16-8-6-14(25-16)11-21-15-7-5-13(2)10-17(15)24-12-18(21)22/h5-8,10H,3-4,9,11-12H2,1-2H3,(H,20,23). The highest BCUT2D eigenvalue weighted by molar-refractivity contribution is 5.97. The number of carbonyl (C=O) groups is 2. The fourth-order valence-corrected chi connectivity index (χ4v) is 2.69. The van der Waals surface area contributed by atoms with Gasteiger partial charge in [0.1, 0.15) is 11.5 Å². The molecule has 2 aromatic rings. The molecule has 6 heteroatoms. The zero-order chi connectivity index (χ0) is 17.8. The zero-order valence-corrected chi connectivity index (χ0v) is 14.5. The first-order valence-corrected chi connectivity index (χ1v) is 8.49. The van der Waals surface area contributed by atoms with Crippen LogP contribution in [0, 0.1) is 6.92 Å². The van der Waals surface area contributed by atoms with Crippen molar-refractivity contribution in [3.05, 3.63) is 47.4 Å². The van der Waals surface area contributed by atoms with E-state index >= 15 is 0 Å². The number of ether oxygens (including phenoxy) is 1. The van der Waals surface area contributed by atoms with Gasteiger partial charge < -0.3 is 14.5 Å². The number of furan rings is 1. The minimum absolute atomic E-state index is 0.00151. The van der Waals surface area contributed by atoms with Crippen molar-refractivity contribution in [2.24, 2.45) is 0 Å². The van der Waals surface area contributed by atoms with Gasteiger partial charge in [-0.2, -0.15) is 0 Å². The summed E-state index contributed by atoms with van der Waals surface area (Å²) in [6, 6.07) is 9.07. The smallest absolute Gasteiger partial charge is 0.286 e. The molecular formula is C19H22N2O4. The number of nitrogens with one attached hydrogen (secondary N) is 1. The molecule has 3 rings (SSSR count). The lowest BCUT2D eigenvalue weighted by Gasteiger charge is -2.28. The van der Waals surface area contributed by atoms with Crippen LogP contribution >= 0.6 is 0 Å². The van der Waals surface area contributed by atoms with E-state index in [0.717, 1.165) is 18.4 Å². The molecule has 0 atom stereocenters. The number of unbranched alkanes of at least 4 members (excludes halogenated alkanes) is 1. The van der Waals surface area contributed by atoms with Crippen LogP contribution in [0.3, 0.4) is 0 Å². The van der Waals surface area contributed by atoms with Gasteiger partial charge in [-0.3, -0.25) is 14.5 Å². The van der Waals surface area contributed by atoms with Gasteiger partial charge in [-0.15, -0.1) is 0 Å². The van der Waals surface area contributed by atoms with Crippen LogP contribution in [0.2, 0.25) is 0 Å². The van der Waals surface area contributed by atoms with Gasteiger partial charge in [0, 0.05) is 6.54 Å². The predicted octanol–water partition coefficient (Wildman–Crippen LogP) is 3.04. The summed E-state index contributed by atoms with van der Waals surface area (Å²) in [6.07, 6.45) is 1.94. The van der Waals surface area contributed by atoms with Crippen molar-refractivity contribution in [1.82, 2.24) is 5.32 Å². The number of hydrogen-bond acceptors (Lipinski definition) is 4. The molecule has 2 heterocycles. The highest BCUT2D eigenvalue weighted by Crippen LogP contribution is 2.33. The van der Waals surface area contributed by atoms with E-state index in [-0.39, 0.29) is 30.7 Å². The Bertz CT molecular complexity index is 781. The molecule has 2 amide bonds. The Morgan fingerprint density at radius 3 is 2.92 bits per heavy atom. The molecule has 1 aromatic carbocycles. The summed E-state index contributed by atoms with van der Waals surface area (Å²) in [5.41, 5.74) is 1.78. The Kier molecular flexibility index (Phi) is 5.07. The lowest BCUT2D eigenvalue weighted by molar-refractivity contribution is -0.121. The molecule has 0 unspecified atom stereocenters. The third kappa shape index (κ3) is 3.84. The molecule has 0 bridgehead atoms. The molecule has 25 heavy (non-hydrogen) atoms. The van der Waals surface area contributed by atoms with E-state index in [0.29, 0.717) is 23.7 Å². The molecule has 0 saturated carbocycles. The van der Waals surface area contributed by atoms with E-state index in [1.165, 1.54) is 0 Å². The molecule has 1 N–H and O–H groups in total. The molecule has 0 spiro atoms. The van der Waals surface area contributed by atoms with E-state index in [4.69, 9.17) is 9.15 Å². The maximum Gasteiger partial charge on any atom is 0.286 e. The zero-order valence-electron chi connectivity index (χ0n) is 14.5. The molecule has 1 aliphatic heterocycles. The quantitative estimate of drug-likeness (QED) is 0.819. The summed E-state index contributed by atoms with van der Waals surface area (Å²) >= 11 is 0. The maximum atomic E-state index is 12.2. The van der Waals surface area contributed by atoms with Crippen molar-refractivity contribution < 1.29 is 18.7 Å².